The summed E-state index contributed by atoms with van der Waals surface area (Å²) in [6.07, 6.45) is -0.107. The first-order valence-corrected chi connectivity index (χ1v) is 10.9. The number of alkyl halides is 3. The number of benzene rings is 1. The number of fused-ring (bicyclic) bond motifs is 5. The summed E-state index contributed by atoms with van der Waals surface area (Å²) >= 11 is 1.62. The van der Waals surface area contributed by atoms with Crippen LogP contribution in [0.4, 0.5) is 18.9 Å². The van der Waals surface area contributed by atoms with Gasteiger partial charge in [0.1, 0.15) is 17.7 Å². The summed E-state index contributed by atoms with van der Waals surface area (Å²) in [7, 11) is 0. The smallest absolute Gasteiger partial charge is 0.324 e. The molecule has 32 heavy (non-hydrogen) atoms. The maximum Gasteiger partial charge on any atom is 0.416 e. The van der Waals surface area contributed by atoms with E-state index in [1.165, 1.54) is 33.3 Å². The van der Waals surface area contributed by atoms with Crippen molar-refractivity contribution in [2.24, 2.45) is 5.92 Å². The van der Waals surface area contributed by atoms with E-state index in [1.54, 1.807) is 11.3 Å². The van der Waals surface area contributed by atoms with Crippen molar-refractivity contribution < 1.29 is 18.0 Å². The van der Waals surface area contributed by atoms with Crippen molar-refractivity contribution in [3.63, 3.8) is 0 Å². The van der Waals surface area contributed by atoms with Gasteiger partial charge in [0.2, 0.25) is 5.91 Å². The van der Waals surface area contributed by atoms with Crippen LogP contribution in [-0.2, 0) is 30.4 Å². The normalized spacial score (nSPS) is 16.4. The van der Waals surface area contributed by atoms with Gasteiger partial charge in [-0.2, -0.15) is 13.2 Å². The van der Waals surface area contributed by atoms with E-state index in [9.17, 15) is 22.8 Å². The number of rotatable bonds is 3. The number of thiophene rings is 1. The average Bonchev–Trinajstić information content (AvgIpc) is 3.24. The van der Waals surface area contributed by atoms with Gasteiger partial charge in [0.15, 0.2) is 5.65 Å². The van der Waals surface area contributed by atoms with Crippen LogP contribution in [0.1, 0.15) is 29.3 Å². The van der Waals surface area contributed by atoms with E-state index in [-0.39, 0.29) is 12.2 Å². The highest BCUT2D eigenvalue weighted by Crippen LogP contribution is 2.38. The molecule has 1 N–H and O–H groups in total. The fourth-order valence-corrected chi connectivity index (χ4v) is 5.39. The Kier molecular flexibility index (Phi) is 4.81. The Morgan fingerprint density at radius 3 is 2.75 bits per heavy atom. The first-order valence-electron chi connectivity index (χ1n) is 10.1. The Bertz CT molecular complexity index is 1400. The Morgan fingerprint density at radius 2 is 2.03 bits per heavy atom. The molecule has 0 saturated heterocycles. The zero-order chi connectivity index (χ0) is 22.6. The van der Waals surface area contributed by atoms with E-state index in [0.29, 0.717) is 11.6 Å². The summed E-state index contributed by atoms with van der Waals surface area (Å²) in [5.74, 6) is 0.0286. The molecule has 1 atom stereocenters. The molecule has 1 aliphatic carbocycles. The molecule has 3 aromatic heterocycles. The van der Waals surface area contributed by atoms with Crippen LogP contribution in [0.25, 0.3) is 15.9 Å². The highest BCUT2D eigenvalue weighted by molar-refractivity contribution is 7.19. The van der Waals surface area contributed by atoms with Crippen molar-refractivity contribution in [1.29, 1.82) is 0 Å². The Morgan fingerprint density at radius 1 is 1.28 bits per heavy atom. The molecule has 1 amide bonds. The number of nitrogens with zero attached hydrogens (tertiary/aromatic N) is 4. The molecule has 1 aromatic carbocycles. The third kappa shape index (κ3) is 3.56. The Balaban J connectivity index is 1.43. The lowest BCUT2D eigenvalue weighted by Gasteiger charge is -2.17. The van der Waals surface area contributed by atoms with E-state index in [4.69, 9.17) is 0 Å². The predicted octanol–water partition coefficient (Wildman–Crippen LogP) is 3.89. The van der Waals surface area contributed by atoms with Gasteiger partial charge in [-0.3, -0.25) is 4.79 Å². The van der Waals surface area contributed by atoms with Crippen molar-refractivity contribution in [2.45, 2.75) is 38.9 Å². The van der Waals surface area contributed by atoms with E-state index >= 15 is 0 Å². The summed E-state index contributed by atoms with van der Waals surface area (Å²) < 4.78 is 40.4. The maximum atomic E-state index is 12.8. The van der Waals surface area contributed by atoms with Crippen molar-refractivity contribution in [1.82, 2.24) is 19.2 Å². The topological polar surface area (TPSA) is 81.3 Å². The number of amides is 1. The Labute approximate surface area is 183 Å². The number of carbonyl (C=O) groups excluding carboxylic acids is 1. The second-order valence-electron chi connectivity index (χ2n) is 8.03. The fraction of sp³-hybridized carbons (Fsp3) is 0.333. The summed E-state index contributed by atoms with van der Waals surface area (Å²) in [4.78, 5) is 31.7. The predicted molar refractivity (Wildman–Crippen MR) is 114 cm³/mol. The number of hydrogen-bond acceptors (Lipinski definition) is 5. The third-order valence-electron chi connectivity index (χ3n) is 5.67. The number of nitrogens with one attached hydrogen (secondary N) is 1. The zero-order valence-corrected chi connectivity index (χ0v) is 17.8. The lowest BCUT2D eigenvalue weighted by molar-refractivity contribution is -0.137. The molecular formula is C21H18F3N5O2S. The van der Waals surface area contributed by atoms with Crippen molar-refractivity contribution >= 4 is 38.8 Å². The first kappa shape index (κ1) is 20.7. The number of hydrogen-bond donors (Lipinski definition) is 1. The lowest BCUT2D eigenvalue weighted by Crippen LogP contribution is -2.28. The number of carbonyl (C=O) groups is 1. The molecule has 5 rings (SSSR count). The van der Waals surface area contributed by atoms with E-state index in [1.807, 2.05) is 0 Å². The number of anilines is 1. The minimum Gasteiger partial charge on any atom is -0.324 e. The summed E-state index contributed by atoms with van der Waals surface area (Å²) in [6.45, 7) is 1.84. The molecule has 11 heteroatoms. The van der Waals surface area contributed by atoms with Crippen LogP contribution in [0.5, 0.6) is 0 Å². The summed E-state index contributed by atoms with van der Waals surface area (Å²) in [5.41, 5.74) is 0.532. The molecule has 0 aliphatic heterocycles. The van der Waals surface area contributed by atoms with Gasteiger partial charge in [-0.05, 0) is 55.0 Å². The van der Waals surface area contributed by atoms with E-state index in [2.05, 4.69) is 22.3 Å². The molecule has 0 bridgehead atoms. The molecule has 166 valence electrons. The fourth-order valence-electron chi connectivity index (χ4n) is 4.04. The van der Waals surface area contributed by atoms with Crippen LogP contribution in [0, 0.1) is 5.92 Å². The van der Waals surface area contributed by atoms with Crippen molar-refractivity contribution in [3.05, 3.63) is 57.1 Å². The first-order chi connectivity index (χ1) is 15.2. The second-order valence-corrected chi connectivity index (χ2v) is 9.12. The quantitative estimate of drug-likeness (QED) is 0.502. The molecule has 0 spiro atoms. The molecule has 0 fully saturated rings. The molecule has 3 heterocycles. The van der Waals surface area contributed by atoms with Gasteiger partial charge >= 0.3 is 11.9 Å². The van der Waals surface area contributed by atoms with Gasteiger partial charge in [-0.25, -0.2) is 18.9 Å². The average molecular weight is 461 g/mol. The maximum absolute atomic E-state index is 12.8. The lowest BCUT2D eigenvalue weighted by atomic mass is 9.89. The minimum atomic E-state index is -4.45. The van der Waals surface area contributed by atoms with Crippen molar-refractivity contribution in [3.8, 4) is 0 Å². The van der Waals surface area contributed by atoms with E-state index in [0.717, 1.165) is 46.3 Å². The van der Waals surface area contributed by atoms with Gasteiger partial charge in [0, 0.05) is 10.6 Å². The van der Waals surface area contributed by atoms with Gasteiger partial charge < -0.3 is 5.32 Å². The van der Waals surface area contributed by atoms with Crippen LogP contribution in [0.3, 0.4) is 0 Å². The molecule has 1 aliphatic rings. The molecule has 1 unspecified atom stereocenters. The van der Waals surface area contributed by atoms with Gasteiger partial charge in [0.05, 0.1) is 10.9 Å². The van der Waals surface area contributed by atoms with Crippen LogP contribution >= 0.6 is 11.3 Å². The number of aryl methyl sites for hydroxylation is 1. The highest BCUT2D eigenvalue weighted by Gasteiger charge is 2.30. The van der Waals surface area contributed by atoms with Crippen LogP contribution in [-0.4, -0.2) is 25.1 Å². The van der Waals surface area contributed by atoms with Gasteiger partial charge in [-0.15, -0.1) is 16.4 Å². The SMILES string of the molecule is CC1CCc2c(sc3ncn4c(=O)n(CC(=O)Nc5ccc(C(F)(F)F)cc5)nc4c23)C1. The minimum absolute atomic E-state index is 0.199. The molecular weight excluding hydrogens is 443 g/mol. The zero-order valence-electron chi connectivity index (χ0n) is 16.9. The van der Waals surface area contributed by atoms with Gasteiger partial charge in [-0.1, -0.05) is 6.92 Å². The van der Waals surface area contributed by atoms with Crippen LogP contribution < -0.4 is 11.0 Å². The van der Waals surface area contributed by atoms with Gasteiger partial charge in [0.25, 0.3) is 0 Å². The van der Waals surface area contributed by atoms with Crippen molar-refractivity contribution in [2.75, 3.05) is 5.32 Å². The van der Waals surface area contributed by atoms with E-state index < -0.39 is 23.3 Å². The largest absolute Gasteiger partial charge is 0.416 e. The van der Waals surface area contributed by atoms with Crippen LogP contribution in [0.2, 0.25) is 0 Å². The summed E-state index contributed by atoms with van der Waals surface area (Å²) in [5, 5.41) is 7.75. The van der Waals surface area contributed by atoms with Crippen LogP contribution in [0.15, 0.2) is 35.4 Å². The third-order valence-corrected chi connectivity index (χ3v) is 6.83. The molecule has 4 aromatic rings. The number of aromatic nitrogens is 4. The second kappa shape index (κ2) is 7.44. The Hall–Kier alpha value is -3.21. The number of halogens is 3. The molecule has 0 radical (unpaired) electrons. The monoisotopic (exact) mass is 461 g/mol. The molecule has 7 nitrogen and oxygen atoms in total. The highest BCUT2D eigenvalue weighted by atomic mass is 32.1. The molecule has 0 saturated carbocycles. The standard InChI is InChI=1S/C21H18F3N5O2S/c1-11-2-7-14-15(8-11)32-19-17(14)18-27-29(20(31)28(18)10-25-19)9-16(30)26-13-5-3-12(4-6-13)21(22,23)24/h3-6,10-11H,2,7-9H2,1H3,(H,26,30). The summed E-state index contributed by atoms with van der Waals surface area (Å²) in [6, 6.07) is 4.10.